The number of fused-ring (bicyclic) bond motifs is 1. The zero-order chi connectivity index (χ0) is 27.6. The third-order valence-electron chi connectivity index (χ3n) is 6.12. The van der Waals surface area contributed by atoms with Crippen molar-refractivity contribution in [2.45, 2.75) is 70.3 Å². The number of hydrogen-bond acceptors (Lipinski definition) is 10. The van der Waals surface area contributed by atoms with Gasteiger partial charge in [-0.05, 0) is 31.9 Å². The van der Waals surface area contributed by atoms with Gasteiger partial charge < -0.3 is 18.9 Å². The molecule has 200 valence electrons. The Morgan fingerprint density at radius 3 is 2.08 bits per heavy atom. The Kier molecular flexibility index (Phi) is 8.32. The summed E-state index contributed by atoms with van der Waals surface area (Å²) >= 11 is 1.21. The summed E-state index contributed by atoms with van der Waals surface area (Å²) in [6.45, 7) is 9.80. The lowest BCUT2D eigenvalue weighted by molar-refractivity contribution is -0.165. The van der Waals surface area contributed by atoms with Gasteiger partial charge in [0.1, 0.15) is 23.4 Å². The number of ether oxygens (including phenoxy) is 4. The Bertz CT molecular complexity index is 1370. The predicted molar refractivity (Wildman–Crippen MR) is 141 cm³/mol. The Balaban J connectivity index is 1.74. The monoisotopic (exact) mass is 538 g/mol. The van der Waals surface area contributed by atoms with Crippen LogP contribution in [-0.4, -0.2) is 58.5 Å². The van der Waals surface area contributed by atoms with Gasteiger partial charge in [0.25, 0.3) is 0 Å². The molecular formula is C28H30N2O7S. The zero-order valence-corrected chi connectivity index (χ0v) is 23.0. The van der Waals surface area contributed by atoms with E-state index in [1.807, 2.05) is 24.3 Å². The van der Waals surface area contributed by atoms with Gasteiger partial charge >= 0.3 is 17.9 Å². The van der Waals surface area contributed by atoms with E-state index in [2.05, 4.69) is 43.1 Å². The number of carbonyl (C=O) groups excluding carboxylic acids is 3. The van der Waals surface area contributed by atoms with Crippen LogP contribution in [0.15, 0.2) is 41.4 Å². The van der Waals surface area contributed by atoms with Crippen molar-refractivity contribution in [2.75, 3.05) is 6.61 Å². The molecule has 0 bridgehead atoms. The third kappa shape index (κ3) is 5.97. The van der Waals surface area contributed by atoms with Crippen LogP contribution in [0, 0.1) is 20.8 Å². The Labute approximate surface area is 225 Å². The molecule has 0 aliphatic carbocycles. The van der Waals surface area contributed by atoms with Crippen molar-refractivity contribution in [3.63, 3.8) is 0 Å². The number of nitrogens with zero attached hydrogens (tertiary/aromatic N) is 2. The SMILES string of the molecule is CC(=O)OC[C@H]1O[C@@H](Sc2nnc(-c3c(C)cc(C)cc3C)c3ccccc23)[C@H](OC(C)=O)[C@H]1OC(C)=O. The normalized spacial score (nSPS) is 20.8. The van der Waals surface area contributed by atoms with Gasteiger partial charge in [-0.2, -0.15) is 0 Å². The first-order valence-corrected chi connectivity index (χ1v) is 13.1. The van der Waals surface area contributed by atoms with Gasteiger partial charge in [0.2, 0.25) is 0 Å². The maximum atomic E-state index is 12.0. The van der Waals surface area contributed by atoms with Crippen LogP contribution in [0.5, 0.6) is 0 Å². The number of thioether (sulfide) groups is 1. The maximum absolute atomic E-state index is 12.0. The first kappa shape index (κ1) is 27.5. The van der Waals surface area contributed by atoms with E-state index < -0.39 is 41.7 Å². The fraction of sp³-hybridized carbons (Fsp3) is 0.393. The molecule has 0 radical (unpaired) electrons. The first-order valence-electron chi connectivity index (χ1n) is 12.2. The molecule has 38 heavy (non-hydrogen) atoms. The predicted octanol–water partition coefficient (Wildman–Crippen LogP) is 4.47. The van der Waals surface area contributed by atoms with E-state index in [4.69, 9.17) is 18.9 Å². The molecule has 4 atom stereocenters. The second kappa shape index (κ2) is 11.5. The molecule has 1 aliphatic heterocycles. The summed E-state index contributed by atoms with van der Waals surface area (Å²) < 4.78 is 22.2. The average molecular weight is 539 g/mol. The minimum Gasteiger partial charge on any atom is -0.463 e. The van der Waals surface area contributed by atoms with E-state index >= 15 is 0 Å². The second-order valence-corrected chi connectivity index (χ2v) is 10.4. The summed E-state index contributed by atoms with van der Waals surface area (Å²) in [7, 11) is 0. The topological polar surface area (TPSA) is 114 Å². The standard InChI is InChI=1S/C28H30N2O7S/c1-14-11-15(2)23(16(3)12-14)24-20-9-7-8-10-21(20)27(30-29-24)38-28-26(36-19(6)33)25(35-18(5)32)22(37-28)13-34-17(4)31/h7-12,22,25-26,28H,13H2,1-6H3/t22-,25+,26-,28+/m1/s1. The van der Waals surface area contributed by atoms with E-state index in [9.17, 15) is 14.4 Å². The molecule has 0 unspecified atom stereocenters. The molecule has 2 aromatic carbocycles. The van der Waals surface area contributed by atoms with Crippen molar-refractivity contribution in [3.05, 3.63) is 53.1 Å². The zero-order valence-electron chi connectivity index (χ0n) is 22.1. The lowest BCUT2D eigenvalue weighted by atomic mass is 9.95. The highest BCUT2D eigenvalue weighted by atomic mass is 32.2. The number of aryl methyl sites for hydroxylation is 3. The summed E-state index contributed by atoms with van der Waals surface area (Å²) in [4.78, 5) is 35.2. The van der Waals surface area contributed by atoms with Crippen molar-refractivity contribution >= 4 is 40.4 Å². The summed E-state index contributed by atoms with van der Waals surface area (Å²) in [6.07, 6.45) is -2.76. The Morgan fingerprint density at radius 2 is 1.47 bits per heavy atom. The Hall–Kier alpha value is -3.50. The van der Waals surface area contributed by atoms with Gasteiger partial charge in [-0.1, -0.05) is 53.7 Å². The van der Waals surface area contributed by atoms with Gasteiger partial charge in [-0.3, -0.25) is 14.4 Å². The lowest BCUT2D eigenvalue weighted by Gasteiger charge is -2.23. The first-order chi connectivity index (χ1) is 18.0. The summed E-state index contributed by atoms with van der Waals surface area (Å²) in [6, 6.07) is 12.0. The molecule has 1 fully saturated rings. The average Bonchev–Trinajstić information content (AvgIpc) is 3.13. The fourth-order valence-corrected chi connectivity index (χ4v) is 5.94. The molecule has 4 rings (SSSR count). The molecular weight excluding hydrogens is 508 g/mol. The Morgan fingerprint density at radius 1 is 0.868 bits per heavy atom. The minimum absolute atomic E-state index is 0.167. The molecule has 10 heteroatoms. The smallest absolute Gasteiger partial charge is 0.303 e. The molecule has 2 heterocycles. The van der Waals surface area contributed by atoms with Gasteiger partial charge in [0.05, 0.1) is 0 Å². The van der Waals surface area contributed by atoms with Crippen LogP contribution in [0.25, 0.3) is 22.0 Å². The lowest BCUT2D eigenvalue weighted by Crippen LogP contribution is -2.40. The molecule has 1 saturated heterocycles. The van der Waals surface area contributed by atoms with E-state index in [0.717, 1.165) is 33.2 Å². The summed E-state index contributed by atoms with van der Waals surface area (Å²) in [5.74, 6) is -1.65. The van der Waals surface area contributed by atoms with E-state index in [0.29, 0.717) is 5.03 Å². The van der Waals surface area contributed by atoms with Crippen molar-refractivity contribution in [1.82, 2.24) is 10.2 Å². The van der Waals surface area contributed by atoms with Gasteiger partial charge in [-0.25, -0.2) is 0 Å². The summed E-state index contributed by atoms with van der Waals surface area (Å²) in [5, 5.41) is 11.5. The molecule has 0 N–H and O–H groups in total. The van der Waals surface area contributed by atoms with Crippen molar-refractivity contribution in [3.8, 4) is 11.3 Å². The fourth-order valence-electron chi connectivity index (χ4n) is 4.79. The van der Waals surface area contributed by atoms with Gasteiger partial charge in [0, 0.05) is 37.1 Å². The van der Waals surface area contributed by atoms with Gasteiger partial charge in [-0.15, -0.1) is 10.2 Å². The van der Waals surface area contributed by atoms with Crippen molar-refractivity contribution in [1.29, 1.82) is 0 Å². The van der Waals surface area contributed by atoms with Crippen LogP contribution in [0.2, 0.25) is 0 Å². The molecule has 1 aliphatic rings. The van der Waals surface area contributed by atoms with E-state index in [1.54, 1.807) is 0 Å². The highest BCUT2D eigenvalue weighted by Crippen LogP contribution is 2.41. The molecule has 0 saturated carbocycles. The molecule has 3 aromatic rings. The van der Waals surface area contributed by atoms with Gasteiger partial charge in [0.15, 0.2) is 17.6 Å². The molecule has 1 aromatic heterocycles. The van der Waals surface area contributed by atoms with Crippen LogP contribution in [0.1, 0.15) is 37.5 Å². The highest BCUT2D eigenvalue weighted by molar-refractivity contribution is 8.00. The van der Waals surface area contributed by atoms with E-state index in [-0.39, 0.29) is 6.61 Å². The number of carbonyl (C=O) groups is 3. The number of benzene rings is 2. The maximum Gasteiger partial charge on any atom is 0.303 e. The van der Waals surface area contributed by atoms with Crippen LogP contribution in [0.3, 0.4) is 0 Å². The van der Waals surface area contributed by atoms with Crippen molar-refractivity contribution in [2.24, 2.45) is 0 Å². The largest absolute Gasteiger partial charge is 0.463 e. The highest BCUT2D eigenvalue weighted by Gasteiger charge is 2.50. The number of esters is 3. The van der Waals surface area contributed by atoms with Crippen molar-refractivity contribution < 1.29 is 33.3 Å². The second-order valence-electron chi connectivity index (χ2n) is 9.28. The van der Waals surface area contributed by atoms with Crippen LogP contribution < -0.4 is 0 Å². The number of rotatable bonds is 7. The third-order valence-corrected chi connectivity index (χ3v) is 7.25. The van der Waals surface area contributed by atoms with Crippen LogP contribution in [0.4, 0.5) is 0 Å². The number of aromatic nitrogens is 2. The quantitative estimate of drug-likeness (QED) is 0.315. The minimum atomic E-state index is -0.968. The summed E-state index contributed by atoms with van der Waals surface area (Å²) in [5.41, 5.74) is 4.39. The van der Waals surface area contributed by atoms with Crippen LogP contribution >= 0.6 is 11.8 Å². The molecule has 0 amide bonds. The number of hydrogen-bond donors (Lipinski definition) is 0. The molecule has 9 nitrogen and oxygen atoms in total. The van der Waals surface area contributed by atoms with Crippen LogP contribution in [-0.2, 0) is 33.3 Å². The van der Waals surface area contributed by atoms with E-state index in [1.165, 1.54) is 38.1 Å². The molecule has 0 spiro atoms.